The minimum Gasteiger partial charge on any atom is -0.493 e. The van der Waals surface area contributed by atoms with Gasteiger partial charge in [0.2, 0.25) is 0 Å². The van der Waals surface area contributed by atoms with Crippen molar-refractivity contribution in [3.63, 3.8) is 0 Å². The molecule has 0 radical (unpaired) electrons. The number of amides is 1. The fraction of sp³-hybridized carbons (Fsp3) is 0.357. The van der Waals surface area contributed by atoms with Crippen LogP contribution < -0.4 is 10.1 Å². The lowest BCUT2D eigenvalue weighted by Gasteiger charge is -2.12. The third-order valence-electron chi connectivity index (χ3n) is 5.71. The lowest BCUT2D eigenvalue weighted by Crippen LogP contribution is -2.14. The maximum Gasteiger partial charge on any atom is 0.259 e. The van der Waals surface area contributed by atoms with Gasteiger partial charge in [-0.05, 0) is 79.1 Å². The van der Waals surface area contributed by atoms with Gasteiger partial charge < -0.3 is 10.1 Å². The first kappa shape index (κ1) is 23.2. The molecule has 3 aromatic rings. The van der Waals surface area contributed by atoms with E-state index in [9.17, 15) is 4.79 Å². The van der Waals surface area contributed by atoms with Gasteiger partial charge in [-0.2, -0.15) is 0 Å². The molecule has 0 fully saturated rings. The maximum absolute atomic E-state index is 13.4. The minimum atomic E-state index is -0.0659. The van der Waals surface area contributed by atoms with Gasteiger partial charge in [-0.3, -0.25) is 4.79 Å². The van der Waals surface area contributed by atoms with Crippen LogP contribution in [-0.4, -0.2) is 18.7 Å². The topological polar surface area (TPSA) is 50.7 Å². The van der Waals surface area contributed by atoms with Gasteiger partial charge in [0, 0.05) is 16.8 Å². The first-order valence-electron chi connectivity index (χ1n) is 11.9. The highest BCUT2D eigenvalue weighted by Crippen LogP contribution is 2.39. The molecule has 0 bridgehead atoms. The molecule has 2 aromatic carbocycles. The molecule has 4 nitrogen and oxygen atoms in total. The Kier molecular flexibility index (Phi) is 7.95. The number of hydrogen-bond acceptors (Lipinski definition) is 4. The van der Waals surface area contributed by atoms with E-state index in [4.69, 9.17) is 9.73 Å². The molecule has 0 unspecified atom stereocenters. The van der Waals surface area contributed by atoms with Crippen LogP contribution in [0.2, 0.25) is 0 Å². The number of ether oxygens (including phenoxy) is 1. The summed E-state index contributed by atoms with van der Waals surface area (Å²) in [4.78, 5) is 19.5. The highest BCUT2D eigenvalue weighted by molar-refractivity contribution is 7.16. The van der Waals surface area contributed by atoms with Crippen LogP contribution in [0.25, 0.3) is 0 Å². The van der Waals surface area contributed by atoms with Crippen molar-refractivity contribution in [2.24, 2.45) is 10.9 Å². The number of para-hydroxylation sites is 1. The number of rotatable bonds is 7. The molecule has 1 heterocycles. The Hall–Kier alpha value is -2.92. The normalized spacial score (nSPS) is 14.0. The molecule has 0 atom stereocenters. The lowest BCUT2D eigenvalue weighted by atomic mass is 9.96. The summed E-state index contributed by atoms with van der Waals surface area (Å²) in [5.74, 6) is 1.29. The molecule has 0 spiro atoms. The van der Waals surface area contributed by atoms with Gasteiger partial charge in [0.1, 0.15) is 10.8 Å². The monoisotopic (exact) mass is 460 g/mol. The van der Waals surface area contributed by atoms with Crippen molar-refractivity contribution in [1.82, 2.24) is 0 Å². The number of carbonyl (C=O) groups excluding carboxylic acids is 1. The Balaban J connectivity index is 1.60. The summed E-state index contributed by atoms with van der Waals surface area (Å²) in [6.45, 7) is 4.97. The number of fused-ring (bicyclic) bond motifs is 1. The molecule has 172 valence electrons. The summed E-state index contributed by atoms with van der Waals surface area (Å²) in [5, 5.41) is 3.88. The second kappa shape index (κ2) is 11.3. The number of benzene rings is 2. The van der Waals surface area contributed by atoms with Gasteiger partial charge in [0.25, 0.3) is 5.91 Å². The summed E-state index contributed by atoms with van der Waals surface area (Å²) in [6.07, 6.45) is 8.60. The highest BCUT2D eigenvalue weighted by Gasteiger charge is 2.24. The highest BCUT2D eigenvalue weighted by atomic mass is 32.1. The van der Waals surface area contributed by atoms with Crippen LogP contribution in [0.3, 0.4) is 0 Å². The van der Waals surface area contributed by atoms with E-state index in [2.05, 4.69) is 19.2 Å². The molecule has 1 aliphatic rings. The zero-order valence-electron chi connectivity index (χ0n) is 19.5. The van der Waals surface area contributed by atoms with Crippen molar-refractivity contribution in [1.29, 1.82) is 0 Å². The van der Waals surface area contributed by atoms with E-state index in [0.717, 1.165) is 46.8 Å². The molecule has 33 heavy (non-hydrogen) atoms. The Morgan fingerprint density at radius 2 is 1.76 bits per heavy atom. The van der Waals surface area contributed by atoms with Crippen LogP contribution in [-0.2, 0) is 12.8 Å². The van der Waals surface area contributed by atoms with E-state index in [1.165, 1.54) is 29.7 Å². The zero-order chi connectivity index (χ0) is 23.0. The Bertz CT molecular complexity index is 1090. The maximum atomic E-state index is 13.4. The molecule has 1 N–H and O–H groups in total. The SMILES string of the molecule is CC(C)COc1ccc(C=Nc2sc3c(c2C(=O)Nc2ccccc2)CCCCCC3)cc1. The van der Waals surface area contributed by atoms with Crippen LogP contribution in [0.1, 0.15) is 65.9 Å². The number of nitrogens with one attached hydrogen (secondary N) is 1. The van der Waals surface area contributed by atoms with Crippen LogP contribution in [0.5, 0.6) is 5.75 Å². The standard InChI is InChI=1S/C28H32N2O2S/c1-20(2)19-32-23-16-14-21(15-17-23)18-29-28-26(27(31)30-22-10-6-5-7-11-22)24-12-8-3-4-9-13-25(24)33-28/h5-7,10-11,14-18,20H,3-4,8-9,12-13,19H2,1-2H3,(H,30,31). The van der Waals surface area contributed by atoms with Crippen molar-refractivity contribution in [2.75, 3.05) is 11.9 Å². The molecule has 5 heteroatoms. The van der Waals surface area contributed by atoms with Gasteiger partial charge in [0.05, 0.1) is 12.2 Å². The molecule has 1 amide bonds. The quantitative estimate of drug-likeness (QED) is 0.372. The van der Waals surface area contributed by atoms with E-state index in [1.807, 2.05) is 60.8 Å². The van der Waals surface area contributed by atoms with Gasteiger partial charge in [-0.25, -0.2) is 4.99 Å². The molecule has 1 aromatic heterocycles. The van der Waals surface area contributed by atoms with E-state index < -0.39 is 0 Å². The molecular formula is C28H32N2O2S. The molecule has 0 saturated carbocycles. The third-order valence-corrected chi connectivity index (χ3v) is 6.91. The molecule has 4 rings (SSSR count). The zero-order valence-corrected chi connectivity index (χ0v) is 20.3. The predicted molar refractivity (Wildman–Crippen MR) is 139 cm³/mol. The van der Waals surface area contributed by atoms with Crippen LogP contribution in [0, 0.1) is 5.92 Å². The number of aryl methyl sites for hydroxylation is 1. The number of nitrogens with zero attached hydrogens (tertiary/aromatic N) is 1. The summed E-state index contributed by atoms with van der Waals surface area (Å²) >= 11 is 1.67. The summed E-state index contributed by atoms with van der Waals surface area (Å²) in [5.41, 5.74) is 3.73. The number of hydrogen-bond donors (Lipinski definition) is 1. The third kappa shape index (κ3) is 6.32. The first-order valence-corrected chi connectivity index (χ1v) is 12.7. The first-order chi connectivity index (χ1) is 16.1. The largest absolute Gasteiger partial charge is 0.493 e. The lowest BCUT2D eigenvalue weighted by molar-refractivity contribution is 0.102. The van der Waals surface area contributed by atoms with Crippen LogP contribution in [0.4, 0.5) is 10.7 Å². The molecular weight excluding hydrogens is 428 g/mol. The van der Waals surface area contributed by atoms with Gasteiger partial charge >= 0.3 is 0 Å². The number of aliphatic imine (C=N–C) groups is 1. The van der Waals surface area contributed by atoms with Crippen molar-refractivity contribution in [3.8, 4) is 5.75 Å². The average molecular weight is 461 g/mol. The Morgan fingerprint density at radius 3 is 2.48 bits per heavy atom. The number of thiophene rings is 1. The minimum absolute atomic E-state index is 0.0659. The van der Waals surface area contributed by atoms with Crippen molar-refractivity contribution in [2.45, 2.75) is 52.4 Å². The van der Waals surface area contributed by atoms with Crippen molar-refractivity contribution < 1.29 is 9.53 Å². The smallest absolute Gasteiger partial charge is 0.259 e. The summed E-state index contributed by atoms with van der Waals surface area (Å²) < 4.78 is 5.78. The molecule has 0 aliphatic heterocycles. The van der Waals surface area contributed by atoms with E-state index in [-0.39, 0.29) is 5.91 Å². The second-order valence-corrected chi connectivity index (χ2v) is 10.0. The number of carbonyl (C=O) groups is 1. The second-order valence-electron chi connectivity index (χ2n) is 8.95. The Labute approximate surface area is 200 Å². The van der Waals surface area contributed by atoms with Gasteiger partial charge in [-0.15, -0.1) is 11.3 Å². The Morgan fingerprint density at radius 1 is 1.03 bits per heavy atom. The number of anilines is 1. The van der Waals surface area contributed by atoms with Gasteiger partial charge in [-0.1, -0.05) is 44.9 Å². The van der Waals surface area contributed by atoms with Gasteiger partial charge in [0.15, 0.2) is 0 Å². The molecule has 1 aliphatic carbocycles. The van der Waals surface area contributed by atoms with E-state index in [1.54, 1.807) is 11.3 Å². The summed E-state index contributed by atoms with van der Waals surface area (Å²) in [6, 6.07) is 17.6. The van der Waals surface area contributed by atoms with Crippen molar-refractivity contribution in [3.05, 3.63) is 76.2 Å². The fourth-order valence-corrected chi connectivity index (χ4v) is 5.22. The summed E-state index contributed by atoms with van der Waals surface area (Å²) in [7, 11) is 0. The predicted octanol–water partition coefficient (Wildman–Crippen LogP) is 7.44. The average Bonchev–Trinajstić information content (AvgIpc) is 3.14. The fourth-order valence-electron chi connectivity index (χ4n) is 3.99. The van der Waals surface area contributed by atoms with Crippen LogP contribution in [0.15, 0.2) is 59.6 Å². The van der Waals surface area contributed by atoms with Crippen LogP contribution >= 0.6 is 11.3 Å². The van der Waals surface area contributed by atoms with E-state index >= 15 is 0 Å². The molecule has 0 saturated heterocycles. The van der Waals surface area contributed by atoms with E-state index in [0.29, 0.717) is 12.5 Å². The van der Waals surface area contributed by atoms with Crippen molar-refractivity contribution >= 4 is 34.1 Å².